The van der Waals surface area contributed by atoms with Crippen molar-refractivity contribution in [1.82, 2.24) is 28.8 Å². The van der Waals surface area contributed by atoms with Crippen molar-refractivity contribution in [3.05, 3.63) is 71.3 Å². The van der Waals surface area contributed by atoms with E-state index in [1.165, 1.54) is 23.0 Å². The second kappa shape index (κ2) is 10.5. The largest absolute Gasteiger partial charge is 0.473 e. The van der Waals surface area contributed by atoms with E-state index >= 15 is 0 Å². The Bertz CT molecular complexity index is 1560. The van der Waals surface area contributed by atoms with E-state index in [-0.39, 0.29) is 35.9 Å². The van der Waals surface area contributed by atoms with Gasteiger partial charge in [0.05, 0.1) is 17.5 Å². The highest BCUT2D eigenvalue weighted by atomic mass is 19.1. The van der Waals surface area contributed by atoms with Gasteiger partial charge in [-0.3, -0.25) is 18.8 Å². The second-order valence-corrected chi connectivity index (χ2v) is 11.0. The second-order valence-electron chi connectivity index (χ2n) is 11.0. The lowest BCUT2D eigenvalue weighted by Gasteiger charge is -2.40. The van der Waals surface area contributed by atoms with Crippen molar-refractivity contribution in [1.29, 1.82) is 0 Å². The van der Waals surface area contributed by atoms with Crippen LogP contribution in [0.15, 0.2) is 59.9 Å². The van der Waals surface area contributed by atoms with Crippen LogP contribution < -0.4 is 10.3 Å². The number of amides is 1. The first-order valence-electron chi connectivity index (χ1n) is 13.8. The SMILES string of the molecule is Cn1ccc(OC2CCC(C(=O)N3CCC(O)(Cn4cnc5c(ccn5-c5ccc(F)cc5)c4=O)CC3)CC2)n1. The first-order valence-corrected chi connectivity index (χ1v) is 13.8. The molecule has 11 heteroatoms. The van der Waals surface area contributed by atoms with E-state index in [4.69, 9.17) is 4.74 Å². The van der Waals surface area contributed by atoms with E-state index in [9.17, 15) is 19.1 Å². The fraction of sp³-hybridized carbons (Fsp3) is 0.448. The van der Waals surface area contributed by atoms with Crippen molar-refractivity contribution in [3.63, 3.8) is 0 Å². The summed E-state index contributed by atoms with van der Waals surface area (Å²) in [6.07, 6.45) is 9.04. The van der Waals surface area contributed by atoms with Crippen LogP contribution in [0.25, 0.3) is 16.7 Å². The predicted octanol–water partition coefficient (Wildman–Crippen LogP) is 3.05. The normalized spacial score (nSPS) is 21.0. The van der Waals surface area contributed by atoms with Crippen molar-refractivity contribution in [2.45, 2.75) is 56.8 Å². The van der Waals surface area contributed by atoms with Gasteiger partial charge in [-0.05, 0) is 68.9 Å². The van der Waals surface area contributed by atoms with Crippen LogP contribution in [0, 0.1) is 11.7 Å². The summed E-state index contributed by atoms with van der Waals surface area (Å²) in [6, 6.07) is 9.50. The van der Waals surface area contributed by atoms with Crippen molar-refractivity contribution >= 4 is 16.9 Å². The Balaban J connectivity index is 1.05. The van der Waals surface area contributed by atoms with Crippen LogP contribution in [0.1, 0.15) is 38.5 Å². The number of aliphatic hydroxyl groups is 1. The highest BCUT2D eigenvalue weighted by molar-refractivity contribution is 5.79. The number of hydrogen-bond acceptors (Lipinski definition) is 6. The minimum absolute atomic E-state index is 0.0332. The summed E-state index contributed by atoms with van der Waals surface area (Å²) in [4.78, 5) is 32.8. The fourth-order valence-corrected chi connectivity index (χ4v) is 5.91. The smallest absolute Gasteiger partial charge is 0.262 e. The third-order valence-corrected chi connectivity index (χ3v) is 8.25. The molecule has 1 aliphatic heterocycles. The number of carbonyl (C=O) groups is 1. The van der Waals surface area contributed by atoms with E-state index in [0.29, 0.717) is 48.5 Å². The lowest BCUT2D eigenvalue weighted by Crippen LogP contribution is -2.51. The summed E-state index contributed by atoms with van der Waals surface area (Å²) < 4.78 is 24.2. The lowest BCUT2D eigenvalue weighted by molar-refractivity contribution is -0.141. The van der Waals surface area contributed by atoms with Crippen LogP contribution in [0.3, 0.4) is 0 Å². The Labute approximate surface area is 230 Å². The number of piperidine rings is 1. The molecule has 2 fully saturated rings. The molecule has 0 radical (unpaired) electrons. The molecule has 1 N–H and O–H groups in total. The Morgan fingerprint density at radius 3 is 2.48 bits per heavy atom. The lowest BCUT2D eigenvalue weighted by atomic mass is 9.85. The molecule has 3 aromatic heterocycles. The zero-order valence-electron chi connectivity index (χ0n) is 22.4. The molecule has 1 aromatic carbocycles. The van der Waals surface area contributed by atoms with Crippen molar-refractivity contribution in [2.75, 3.05) is 13.1 Å². The number of aryl methyl sites for hydroxylation is 1. The Morgan fingerprint density at radius 1 is 1.07 bits per heavy atom. The molecular weight excluding hydrogens is 515 g/mol. The number of hydrogen-bond donors (Lipinski definition) is 1. The average molecular weight is 549 g/mol. The van der Waals surface area contributed by atoms with Gasteiger partial charge < -0.3 is 19.3 Å². The summed E-state index contributed by atoms with van der Waals surface area (Å²) in [5.41, 5.74) is -0.183. The molecule has 1 amide bonds. The molecule has 40 heavy (non-hydrogen) atoms. The standard InChI is InChI=1S/C29H33FN6O4/c1-33-14-11-25(32-33)40-23-8-2-20(3-9-23)27(37)34-16-12-29(39,13-17-34)18-35-19-31-26-24(28(35)38)10-15-36(26)22-6-4-21(30)5-7-22/h4-7,10-11,14-15,19-20,23,39H,2-3,8-9,12-13,16-18H2,1H3. The molecule has 0 atom stereocenters. The number of ether oxygens (including phenoxy) is 1. The summed E-state index contributed by atoms with van der Waals surface area (Å²) in [5, 5.41) is 16.0. The minimum Gasteiger partial charge on any atom is -0.473 e. The summed E-state index contributed by atoms with van der Waals surface area (Å²) in [7, 11) is 1.85. The number of benzene rings is 1. The quantitative estimate of drug-likeness (QED) is 0.397. The van der Waals surface area contributed by atoms with E-state index in [0.717, 1.165) is 25.7 Å². The molecule has 0 unspecified atom stereocenters. The number of fused-ring (bicyclic) bond motifs is 1. The molecule has 0 bridgehead atoms. The Kier molecular flexibility index (Phi) is 6.91. The highest BCUT2D eigenvalue weighted by Crippen LogP contribution is 2.31. The van der Waals surface area contributed by atoms with E-state index in [1.807, 2.05) is 24.2 Å². The van der Waals surface area contributed by atoms with Gasteiger partial charge in [0, 0.05) is 50.2 Å². The molecular formula is C29H33FN6O4. The number of carbonyl (C=O) groups excluding carboxylic acids is 1. The molecule has 1 aliphatic carbocycles. The van der Waals surface area contributed by atoms with Gasteiger partial charge in [0.25, 0.3) is 5.56 Å². The van der Waals surface area contributed by atoms with Crippen LogP contribution >= 0.6 is 0 Å². The van der Waals surface area contributed by atoms with Gasteiger partial charge in [-0.25, -0.2) is 9.37 Å². The fourth-order valence-electron chi connectivity index (χ4n) is 5.91. The summed E-state index contributed by atoms with van der Waals surface area (Å²) in [5.74, 6) is 0.386. The van der Waals surface area contributed by atoms with Crippen molar-refractivity contribution < 1.29 is 19.0 Å². The van der Waals surface area contributed by atoms with E-state index in [1.54, 1.807) is 33.6 Å². The molecule has 0 spiro atoms. The molecule has 4 heterocycles. The van der Waals surface area contributed by atoms with Gasteiger partial charge in [0.15, 0.2) is 5.65 Å². The first kappa shape index (κ1) is 26.2. The molecule has 4 aromatic rings. The zero-order chi connectivity index (χ0) is 27.9. The maximum Gasteiger partial charge on any atom is 0.262 e. The summed E-state index contributed by atoms with van der Waals surface area (Å²) >= 11 is 0. The third-order valence-electron chi connectivity index (χ3n) is 8.25. The van der Waals surface area contributed by atoms with Gasteiger partial charge in [-0.2, -0.15) is 0 Å². The predicted molar refractivity (Wildman–Crippen MR) is 146 cm³/mol. The van der Waals surface area contributed by atoms with Crippen molar-refractivity contribution in [3.8, 4) is 11.6 Å². The van der Waals surface area contributed by atoms with Gasteiger partial charge in [-0.1, -0.05) is 0 Å². The molecule has 210 valence electrons. The third kappa shape index (κ3) is 5.25. The van der Waals surface area contributed by atoms with E-state index < -0.39 is 5.60 Å². The van der Waals surface area contributed by atoms with Gasteiger partial charge in [0.1, 0.15) is 18.2 Å². The monoisotopic (exact) mass is 548 g/mol. The number of halogens is 1. The Hall–Kier alpha value is -3.99. The van der Waals surface area contributed by atoms with Crippen LogP contribution in [0.2, 0.25) is 0 Å². The zero-order valence-corrected chi connectivity index (χ0v) is 22.4. The Morgan fingerprint density at radius 2 is 1.80 bits per heavy atom. The average Bonchev–Trinajstić information content (AvgIpc) is 3.57. The van der Waals surface area contributed by atoms with Crippen LogP contribution in [0.4, 0.5) is 4.39 Å². The maximum absolute atomic E-state index is 13.3. The molecule has 1 saturated heterocycles. The molecule has 6 rings (SSSR count). The van der Waals surface area contributed by atoms with Gasteiger partial charge in [-0.15, -0.1) is 5.10 Å². The number of aromatic nitrogens is 5. The van der Waals surface area contributed by atoms with Gasteiger partial charge >= 0.3 is 0 Å². The number of likely N-dealkylation sites (tertiary alicyclic amines) is 1. The minimum atomic E-state index is -1.11. The molecule has 10 nitrogen and oxygen atoms in total. The topological polar surface area (TPSA) is 107 Å². The molecule has 2 aliphatic rings. The maximum atomic E-state index is 13.3. The van der Waals surface area contributed by atoms with Crippen LogP contribution in [-0.4, -0.2) is 64.6 Å². The molecule has 1 saturated carbocycles. The first-order chi connectivity index (χ1) is 19.3. The van der Waals surface area contributed by atoms with Crippen LogP contribution in [0.5, 0.6) is 5.88 Å². The number of nitrogens with zero attached hydrogens (tertiary/aromatic N) is 6. The summed E-state index contributed by atoms with van der Waals surface area (Å²) in [6.45, 7) is 1.00. The highest BCUT2D eigenvalue weighted by Gasteiger charge is 2.37. The van der Waals surface area contributed by atoms with E-state index in [2.05, 4.69) is 10.1 Å². The van der Waals surface area contributed by atoms with Crippen molar-refractivity contribution in [2.24, 2.45) is 13.0 Å². The van der Waals surface area contributed by atoms with Gasteiger partial charge in [0.2, 0.25) is 11.8 Å². The number of rotatable bonds is 6. The van der Waals surface area contributed by atoms with Crippen LogP contribution in [-0.2, 0) is 18.4 Å².